The second-order valence-electron chi connectivity index (χ2n) is 8.25. The molecule has 3 nitrogen and oxygen atoms in total. The van der Waals surface area contributed by atoms with Gasteiger partial charge in [-0.05, 0) is 79.3 Å². The van der Waals surface area contributed by atoms with Crippen LogP contribution in [0.4, 0.5) is 0 Å². The van der Waals surface area contributed by atoms with Crippen molar-refractivity contribution < 1.29 is 9.47 Å². The van der Waals surface area contributed by atoms with Crippen molar-refractivity contribution in [1.29, 1.82) is 0 Å². The van der Waals surface area contributed by atoms with Crippen LogP contribution in [0, 0.1) is 17.8 Å². The number of terminal acetylenes is 1. The number of methoxy groups -OCH3 is 1. The minimum Gasteiger partial charge on any atom is -0.493 e. The van der Waals surface area contributed by atoms with Crippen molar-refractivity contribution in [3.63, 3.8) is 0 Å². The lowest BCUT2D eigenvalue weighted by Gasteiger charge is -2.43. The van der Waals surface area contributed by atoms with Gasteiger partial charge in [0, 0.05) is 12.0 Å². The molecule has 3 heteroatoms. The second kappa shape index (κ2) is 7.89. The van der Waals surface area contributed by atoms with Crippen LogP contribution in [0.2, 0.25) is 0 Å². The molecule has 4 aliphatic carbocycles. The molecule has 2 saturated carbocycles. The van der Waals surface area contributed by atoms with Gasteiger partial charge in [0.05, 0.1) is 13.2 Å². The average Bonchev–Trinajstić information content (AvgIpc) is 3.07. The lowest BCUT2D eigenvalue weighted by Crippen LogP contribution is -2.40. The summed E-state index contributed by atoms with van der Waals surface area (Å²) in [6, 6.07) is 14.8. The van der Waals surface area contributed by atoms with Crippen molar-refractivity contribution >= 4 is 0 Å². The molecular weight excluding hydrogens is 346 g/mol. The van der Waals surface area contributed by atoms with E-state index in [0.717, 1.165) is 37.2 Å². The summed E-state index contributed by atoms with van der Waals surface area (Å²) in [4.78, 5) is 0. The summed E-state index contributed by atoms with van der Waals surface area (Å²) in [5.41, 5.74) is 9.85. The first-order valence-electron chi connectivity index (χ1n) is 10.3. The maximum absolute atomic E-state index is 6.17. The minimum atomic E-state index is -0.100. The zero-order chi connectivity index (χ0) is 19.6. The fourth-order valence-corrected chi connectivity index (χ4v) is 4.36. The highest BCUT2D eigenvalue weighted by Gasteiger charge is 2.42. The molecule has 0 atom stereocenters. The Hall–Kier alpha value is -2.44. The van der Waals surface area contributed by atoms with Crippen LogP contribution in [0.25, 0.3) is 11.1 Å². The Kier molecular flexibility index (Phi) is 5.33. The van der Waals surface area contributed by atoms with E-state index in [9.17, 15) is 0 Å². The van der Waals surface area contributed by atoms with Gasteiger partial charge >= 0.3 is 0 Å². The normalized spacial score (nSPS) is 24.4. The van der Waals surface area contributed by atoms with Gasteiger partial charge in [-0.25, -0.2) is 0 Å². The first kappa shape index (κ1) is 18.9. The molecule has 0 spiro atoms. The molecule has 1 aromatic rings. The summed E-state index contributed by atoms with van der Waals surface area (Å²) < 4.78 is 11.6. The van der Waals surface area contributed by atoms with E-state index < -0.39 is 0 Å². The molecule has 0 aliphatic heterocycles. The van der Waals surface area contributed by atoms with E-state index in [2.05, 4.69) is 42.3 Å². The minimum absolute atomic E-state index is 0.100. The van der Waals surface area contributed by atoms with Crippen LogP contribution in [-0.2, 0) is 0 Å². The third-order valence-electron chi connectivity index (χ3n) is 6.34. The lowest BCUT2D eigenvalue weighted by atomic mass is 9.60. The summed E-state index contributed by atoms with van der Waals surface area (Å²) in [5, 5.41) is 0. The molecule has 0 unspecified atom stereocenters. The number of hydrogen-bond donors (Lipinski definition) is 1. The predicted octanol–water partition coefficient (Wildman–Crippen LogP) is 5.14. The monoisotopic (exact) mass is 375 g/mol. The van der Waals surface area contributed by atoms with Crippen molar-refractivity contribution in [3.05, 3.63) is 48.0 Å². The summed E-state index contributed by atoms with van der Waals surface area (Å²) in [6.45, 7) is 0.571. The van der Waals surface area contributed by atoms with Gasteiger partial charge in [0.15, 0.2) is 11.5 Å². The molecule has 2 fully saturated rings. The Bertz CT molecular complexity index is 853. The predicted molar refractivity (Wildman–Crippen MR) is 114 cm³/mol. The van der Waals surface area contributed by atoms with Crippen molar-refractivity contribution in [1.82, 2.24) is 0 Å². The van der Waals surface area contributed by atoms with Crippen LogP contribution in [0.3, 0.4) is 0 Å². The van der Waals surface area contributed by atoms with Gasteiger partial charge in [0.1, 0.15) is 0 Å². The van der Waals surface area contributed by atoms with E-state index in [0.29, 0.717) is 18.6 Å². The van der Waals surface area contributed by atoms with E-state index >= 15 is 0 Å². The Balaban J connectivity index is 0.000000268. The number of benzene rings is 2. The molecule has 0 aromatic heterocycles. The van der Waals surface area contributed by atoms with Gasteiger partial charge in [0.2, 0.25) is 0 Å². The lowest BCUT2D eigenvalue weighted by molar-refractivity contribution is 0.183. The first-order chi connectivity index (χ1) is 13.7. The van der Waals surface area contributed by atoms with E-state index in [1.165, 1.54) is 29.5 Å². The van der Waals surface area contributed by atoms with Crippen molar-refractivity contribution in [3.8, 4) is 35.0 Å². The number of fused-ring (bicyclic) bond motifs is 1. The van der Waals surface area contributed by atoms with Crippen LogP contribution >= 0.6 is 0 Å². The van der Waals surface area contributed by atoms with Gasteiger partial charge in [-0.1, -0.05) is 30.2 Å². The van der Waals surface area contributed by atoms with E-state index in [1.54, 1.807) is 7.11 Å². The molecule has 0 bridgehead atoms. The first-order valence-corrected chi connectivity index (χ1v) is 10.3. The molecule has 28 heavy (non-hydrogen) atoms. The van der Waals surface area contributed by atoms with Gasteiger partial charge in [-0.3, -0.25) is 0 Å². The molecule has 0 amide bonds. The number of ether oxygens (including phenoxy) is 2. The molecule has 1 aromatic carbocycles. The zero-order valence-electron chi connectivity index (χ0n) is 16.6. The summed E-state index contributed by atoms with van der Waals surface area (Å²) in [7, 11) is 1.69. The third kappa shape index (κ3) is 3.88. The van der Waals surface area contributed by atoms with Gasteiger partial charge in [0.25, 0.3) is 0 Å². The average molecular weight is 376 g/mol. The summed E-state index contributed by atoms with van der Waals surface area (Å²) in [5.74, 6) is 5.05. The van der Waals surface area contributed by atoms with E-state index in [-0.39, 0.29) is 5.41 Å². The van der Waals surface area contributed by atoms with Crippen LogP contribution in [0.5, 0.6) is 11.5 Å². The van der Waals surface area contributed by atoms with Crippen LogP contribution < -0.4 is 15.2 Å². The Morgan fingerprint density at radius 1 is 1.07 bits per heavy atom. The SMILES string of the molecule is C#CC1(CN)CC(c2ccc(OC)c(OC3CCCC3)c2)C1.c1cc2cc-2c1. The standard InChI is InChI=1S/C19H25NO2.C6H4/c1-3-19(13-20)11-15(12-19)14-8-9-17(21-2)18(10-14)22-16-6-4-5-7-16;1-2-5-4-6(5)3-1/h1,8-10,15-16H,4-7,11-13,20H2,2H3;1-4H. The fraction of sp³-hybridized carbons (Fsp3) is 0.440. The molecule has 4 aliphatic rings. The summed E-state index contributed by atoms with van der Waals surface area (Å²) in [6.07, 6.45) is 12.7. The second-order valence-corrected chi connectivity index (χ2v) is 8.25. The molecule has 0 radical (unpaired) electrons. The maximum Gasteiger partial charge on any atom is 0.161 e. The Labute approximate surface area is 168 Å². The fourth-order valence-electron chi connectivity index (χ4n) is 4.36. The summed E-state index contributed by atoms with van der Waals surface area (Å²) >= 11 is 0. The highest BCUT2D eigenvalue weighted by atomic mass is 16.5. The van der Waals surface area contributed by atoms with Crippen molar-refractivity contribution in [2.24, 2.45) is 11.1 Å². The zero-order valence-corrected chi connectivity index (χ0v) is 16.6. The van der Waals surface area contributed by atoms with Gasteiger partial charge in [-0.15, -0.1) is 6.42 Å². The van der Waals surface area contributed by atoms with Crippen LogP contribution in [-0.4, -0.2) is 19.8 Å². The van der Waals surface area contributed by atoms with Crippen LogP contribution in [0.15, 0.2) is 42.5 Å². The highest BCUT2D eigenvalue weighted by Crippen LogP contribution is 2.51. The molecule has 146 valence electrons. The van der Waals surface area contributed by atoms with Crippen molar-refractivity contribution in [2.45, 2.75) is 50.5 Å². The molecular formula is C25H29NO2. The Morgan fingerprint density at radius 2 is 1.79 bits per heavy atom. The number of rotatable bonds is 5. The van der Waals surface area contributed by atoms with E-state index in [1.807, 2.05) is 6.07 Å². The topological polar surface area (TPSA) is 44.5 Å². The maximum atomic E-state index is 6.17. The largest absolute Gasteiger partial charge is 0.493 e. The molecule has 2 N–H and O–H groups in total. The quantitative estimate of drug-likeness (QED) is 0.628. The van der Waals surface area contributed by atoms with Gasteiger partial charge in [-0.2, -0.15) is 0 Å². The smallest absolute Gasteiger partial charge is 0.161 e. The Morgan fingerprint density at radius 3 is 2.29 bits per heavy atom. The number of hydrogen-bond acceptors (Lipinski definition) is 3. The van der Waals surface area contributed by atoms with E-state index in [4.69, 9.17) is 21.6 Å². The van der Waals surface area contributed by atoms with Gasteiger partial charge < -0.3 is 15.2 Å². The molecule has 0 heterocycles. The van der Waals surface area contributed by atoms with Crippen LogP contribution in [0.1, 0.15) is 50.0 Å². The molecule has 0 saturated heterocycles. The number of nitrogens with two attached hydrogens (primary N) is 1. The third-order valence-corrected chi connectivity index (χ3v) is 6.34. The highest BCUT2D eigenvalue weighted by molar-refractivity contribution is 5.80. The molecule has 5 rings (SSSR count). The van der Waals surface area contributed by atoms with Crippen molar-refractivity contribution in [2.75, 3.05) is 13.7 Å².